The van der Waals surface area contributed by atoms with Gasteiger partial charge >= 0.3 is 0 Å². The zero-order valence-electron chi connectivity index (χ0n) is 20.1. The summed E-state index contributed by atoms with van der Waals surface area (Å²) in [5.74, 6) is 1.93. The number of aromatic hydroxyl groups is 1. The van der Waals surface area contributed by atoms with Crippen molar-refractivity contribution in [1.29, 1.82) is 0 Å². The van der Waals surface area contributed by atoms with E-state index in [-0.39, 0.29) is 26.8 Å². The Morgan fingerprint density at radius 2 is 1.67 bits per heavy atom. The second-order valence-electron chi connectivity index (χ2n) is 8.77. The fourth-order valence-corrected chi connectivity index (χ4v) is 4.77. The van der Waals surface area contributed by atoms with Crippen molar-refractivity contribution in [3.8, 4) is 23.2 Å². The molecule has 0 aliphatic rings. The first-order valence-corrected chi connectivity index (χ1v) is 11.7. The summed E-state index contributed by atoms with van der Waals surface area (Å²) in [6.07, 6.45) is 0.909. The number of hydrogen-bond acceptors (Lipinski definition) is 4. The molecule has 6 heteroatoms. The van der Waals surface area contributed by atoms with Crippen LogP contribution in [0.4, 0.5) is 0 Å². The molecule has 0 radical (unpaired) electrons. The maximum Gasteiger partial charge on any atom is 0.217 e. The van der Waals surface area contributed by atoms with E-state index in [1.165, 1.54) is 5.56 Å². The zero-order chi connectivity index (χ0) is 24.1. The summed E-state index contributed by atoms with van der Waals surface area (Å²) < 4.78 is 8.32. The number of nitrogens with zero attached hydrogens (tertiary/aromatic N) is 3. The molecule has 0 saturated carbocycles. The molecule has 3 aromatic carbocycles. The van der Waals surface area contributed by atoms with Crippen molar-refractivity contribution in [3.63, 3.8) is 0 Å². The smallest absolute Gasteiger partial charge is 0.217 e. The molecule has 3 aromatic heterocycles. The van der Waals surface area contributed by atoms with Gasteiger partial charge in [-0.1, -0.05) is 42.8 Å². The van der Waals surface area contributed by atoms with Crippen LogP contribution >= 0.6 is 0 Å². The normalized spacial score (nSPS) is 11.2. The molecule has 0 spiro atoms. The minimum atomic E-state index is 0. The first-order chi connectivity index (χ1) is 17.0. The number of para-hydroxylation sites is 1. The third-order valence-electron chi connectivity index (χ3n) is 6.48. The van der Waals surface area contributed by atoms with Gasteiger partial charge in [0.25, 0.3) is 0 Å². The number of ether oxygens (including phenoxy) is 1. The van der Waals surface area contributed by atoms with Crippen LogP contribution in [0.1, 0.15) is 23.7 Å². The maximum atomic E-state index is 10.3. The van der Waals surface area contributed by atoms with Crippen molar-refractivity contribution in [1.82, 2.24) is 14.5 Å². The number of hydrogen-bond donors (Lipinski definition) is 1. The van der Waals surface area contributed by atoms with E-state index < -0.39 is 0 Å². The summed E-state index contributed by atoms with van der Waals surface area (Å²) in [7, 11) is 0. The summed E-state index contributed by atoms with van der Waals surface area (Å²) in [5.41, 5.74) is 5.81. The average Bonchev–Trinajstić information content (AvgIpc) is 3.20. The molecule has 0 saturated heterocycles. The summed E-state index contributed by atoms with van der Waals surface area (Å²) in [6, 6.07) is 27.2. The maximum absolute atomic E-state index is 10.3. The second kappa shape index (κ2) is 9.40. The summed E-state index contributed by atoms with van der Waals surface area (Å²) in [6.45, 7) is 6.16. The largest absolute Gasteiger partial charge is 0.506 e. The Kier molecular flexibility index (Phi) is 6.27. The second-order valence-corrected chi connectivity index (χ2v) is 8.77. The van der Waals surface area contributed by atoms with Crippen molar-refractivity contribution in [3.05, 3.63) is 95.7 Å². The molecule has 0 bridgehead atoms. The molecule has 182 valence electrons. The van der Waals surface area contributed by atoms with Crippen LogP contribution < -0.4 is 4.74 Å². The predicted octanol–water partition coefficient (Wildman–Crippen LogP) is 7.20. The van der Waals surface area contributed by atoms with Gasteiger partial charge < -0.3 is 14.4 Å². The summed E-state index contributed by atoms with van der Waals surface area (Å²) in [4.78, 5) is 9.38. The number of aromatic nitrogens is 3. The third-order valence-corrected chi connectivity index (χ3v) is 6.48. The minimum absolute atomic E-state index is 0. The molecule has 0 amide bonds. The average molecular weight is 654 g/mol. The zero-order valence-corrected chi connectivity index (χ0v) is 22.4. The van der Waals surface area contributed by atoms with Gasteiger partial charge in [0.1, 0.15) is 17.1 Å². The Bertz CT molecular complexity index is 1760. The van der Waals surface area contributed by atoms with E-state index in [1.807, 2.05) is 56.3 Å². The standard InChI is InChI=1S/C30H24N3O2.Pt/c1-4-20-8-6-9-24-23-13-12-21(17-25(23)33(30(20)24)27-10-5-7-19(3)31-27)35-28-16-14-22-18(2)11-15-26(34)29(22)32-28;/h5-16,34H,4H2,1-3H3;/q-1;. The molecular formula is C30H24N3O2Pt-. The van der Waals surface area contributed by atoms with Gasteiger partial charge in [-0.25, -0.2) is 9.97 Å². The number of rotatable bonds is 4. The van der Waals surface area contributed by atoms with E-state index in [1.54, 1.807) is 6.07 Å². The molecular weight excluding hydrogens is 629 g/mol. The summed E-state index contributed by atoms with van der Waals surface area (Å²) in [5, 5.41) is 13.5. The topological polar surface area (TPSA) is 60.2 Å². The van der Waals surface area contributed by atoms with Crippen LogP contribution in [0.5, 0.6) is 17.4 Å². The van der Waals surface area contributed by atoms with Crippen LogP contribution in [0.25, 0.3) is 38.5 Å². The molecule has 5 nitrogen and oxygen atoms in total. The molecule has 3 heterocycles. The Morgan fingerprint density at radius 3 is 2.47 bits per heavy atom. The quantitative estimate of drug-likeness (QED) is 0.205. The van der Waals surface area contributed by atoms with E-state index in [4.69, 9.17) is 9.72 Å². The van der Waals surface area contributed by atoms with Crippen LogP contribution in [0, 0.1) is 19.9 Å². The van der Waals surface area contributed by atoms with Crippen molar-refractivity contribution >= 4 is 32.7 Å². The monoisotopic (exact) mass is 653 g/mol. The van der Waals surface area contributed by atoms with Crippen LogP contribution in [0.2, 0.25) is 0 Å². The number of aryl methyl sites for hydroxylation is 3. The fourth-order valence-electron chi connectivity index (χ4n) is 4.77. The Morgan fingerprint density at radius 1 is 0.861 bits per heavy atom. The van der Waals surface area contributed by atoms with Crippen LogP contribution in [-0.2, 0) is 27.5 Å². The van der Waals surface area contributed by atoms with Gasteiger partial charge in [-0.05, 0) is 61.0 Å². The molecule has 6 aromatic rings. The first-order valence-electron chi connectivity index (χ1n) is 11.7. The summed E-state index contributed by atoms with van der Waals surface area (Å²) >= 11 is 0. The molecule has 0 atom stereocenters. The van der Waals surface area contributed by atoms with Crippen molar-refractivity contribution < 1.29 is 30.9 Å². The van der Waals surface area contributed by atoms with Crippen LogP contribution in [-0.4, -0.2) is 19.6 Å². The SMILES string of the molecule is CCc1cccc2c3ccc(Oc4ccc5c(C)ccc(O)c5n4)[c-]c3n(-c3cccc(C)n3)c12.[Pt]. The van der Waals surface area contributed by atoms with Gasteiger partial charge in [-0.3, -0.25) is 0 Å². The molecule has 0 aliphatic carbocycles. The van der Waals surface area contributed by atoms with Gasteiger partial charge in [0.05, 0.1) is 0 Å². The molecule has 36 heavy (non-hydrogen) atoms. The van der Waals surface area contributed by atoms with E-state index >= 15 is 0 Å². The van der Waals surface area contributed by atoms with Crippen molar-refractivity contribution in [2.45, 2.75) is 27.2 Å². The molecule has 6 rings (SSSR count). The van der Waals surface area contributed by atoms with E-state index in [9.17, 15) is 5.11 Å². The van der Waals surface area contributed by atoms with Crippen LogP contribution in [0.15, 0.2) is 72.8 Å². The van der Waals surface area contributed by atoms with Crippen molar-refractivity contribution in [2.24, 2.45) is 0 Å². The Balaban J connectivity index is 0.00000267. The predicted molar refractivity (Wildman–Crippen MR) is 140 cm³/mol. The van der Waals surface area contributed by atoms with Gasteiger partial charge in [0, 0.05) is 49.5 Å². The molecule has 0 fully saturated rings. The van der Waals surface area contributed by atoms with E-state index in [0.717, 1.165) is 50.7 Å². The Labute approximate surface area is 223 Å². The van der Waals surface area contributed by atoms with Crippen molar-refractivity contribution in [2.75, 3.05) is 0 Å². The number of pyridine rings is 2. The Hall–Kier alpha value is -3.69. The van der Waals surface area contributed by atoms with Gasteiger partial charge in [0.15, 0.2) is 0 Å². The van der Waals surface area contributed by atoms with E-state index in [0.29, 0.717) is 17.1 Å². The number of phenols is 1. The van der Waals surface area contributed by atoms with Gasteiger partial charge in [0.2, 0.25) is 5.88 Å². The van der Waals surface area contributed by atoms with E-state index in [2.05, 4.69) is 46.8 Å². The van der Waals surface area contributed by atoms with Gasteiger partial charge in [-0.15, -0.1) is 17.5 Å². The number of fused-ring (bicyclic) bond motifs is 4. The number of phenolic OH excluding ortho intramolecular Hbond substituents is 1. The molecule has 0 aliphatic heterocycles. The van der Waals surface area contributed by atoms with Gasteiger partial charge in [-0.2, -0.15) is 6.07 Å². The van der Waals surface area contributed by atoms with Crippen LogP contribution in [0.3, 0.4) is 0 Å². The molecule has 1 N–H and O–H groups in total. The molecule has 0 unspecified atom stereocenters. The first kappa shape index (κ1) is 24.0. The minimum Gasteiger partial charge on any atom is -0.506 e. The number of benzene rings is 3. The third kappa shape index (κ3) is 3.94. The fraction of sp³-hybridized carbons (Fsp3) is 0.133.